The summed E-state index contributed by atoms with van der Waals surface area (Å²) in [4.78, 5) is 24.6. The molecule has 83 heavy (non-hydrogen) atoms. The van der Waals surface area contributed by atoms with E-state index in [-0.39, 0.29) is 18.5 Å². The molecular formula is C77H149NO5. The van der Waals surface area contributed by atoms with E-state index in [0.717, 1.165) is 44.9 Å². The minimum Gasteiger partial charge on any atom is -0.466 e. The Labute approximate surface area is 520 Å². The van der Waals surface area contributed by atoms with E-state index in [1.54, 1.807) is 0 Å². The highest BCUT2D eigenvalue weighted by atomic mass is 16.5. The van der Waals surface area contributed by atoms with Crippen LogP contribution in [-0.4, -0.2) is 47.4 Å². The van der Waals surface area contributed by atoms with Gasteiger partial charge in [-0.3, -0.25) is 9.59 Å². The summed E-state index contributed by atoms with van der Waals surface area (Å²) in [6.07, 6.45) is 92.5. The Bertz CT molecular complexity index is 1300. The Morgan fingerprint density at radius 2 is 0.566 bits per heavy atom. The molecule has 0 heterocycles. The van der Waals surface area contributed by atoms with Gasteiger partial charge in [0.2, 0.25) is 5.91 Å². The van der Waals surface area contributed by atoms with Crippen molar-refractivity contribution in [3.63, 3.8) is 0 Å². The third kappa shape index (κ3) is 69.3. The fraction of sp³-hybridized carbons (Fsp3) is 0.922. The van der Waals surface area contributed by atoms with Crippen molar-refractivity contribution in [3.8, 4) is 0 Å². The second-order valence-corrected chi connectivity index (χ2v) is 26.3. The first-order valence-electron chi connectivity index (χ1n) is 38.1. The topological polar surface area (TPSA) is 95.9 Å². The van der Waals surface area contributed by atoms with E-state index < -0.39 is 12.1 Å². The number of unbranched alkanes of at least 4 members (excludes halogenated alkanes) is 57. The van der Waals surface area contributed by atoms with Crippen molar-refractivity contribution in [3.05, 3.63) is 24.3 Å². The molecule has 0 aliphatic rings. The molecule has 0 aliphatic carbocycles. The number of aliphatic hydroxyl groups is 2. The first-order chi connectivity index (χ1) is 41.0. The molecule has 3 N–H and O–H groups in total. The van der Waals surface area contributed by atoms with Crippen LogP contribution >= 0.6 is 0 Å². The van der Waals surface area contributed by atoms with Crippen molar-refractivity contribution in [1.29, 1.82) is 0 Å². The lowest BCUT2D eigenvalue weighted by Crippen LogP contribution is -2.45. The Morgan fingerprint density at radius 1 is 0.325 bits per heavy atom. The number of nitrogens with one attached hydrogen (secondary N) is 1. The van der Waals surface area contributed by atoms with Gasteiger partial charge in [0.1, 0.15) is 0 Å². The number of hydrogen-bond acceptors (Lipinski definition) is 5. The van der Waals surface area contributed by atoms with Gasteiger partial charge in [-0.15, -0.1) is 0 Å². The molecular weight excluding hydrogens is 1020 g/mol. The summed E-state index contributed by atoms with van der Waals surface area (Å²) < 4.78 is 5.49. The maximum Gasteiger partial charge on any atom is 0.305 e. The van der Waals surface area contributed by atoms with Crippen LogP contribution in [0.1, 0.15) is 431 Å². The van der Waals surface area contributed by atoms with Crippen molar-refractivity contribution in [2.75, 3.05) is 13.2 Å². The number of allylic oxidation sites excluding steroid dienone is 4. The number of hydrogen-bond donors (Lipinski definition) is 3. The van der Waals surface area contributed by atoms with Crippen molar-refractivity contribution in [2.45, 2.75) is 443 Å². The van der Waals surface area contributed by atoms with Crippen molar-refractivity contribution < 1.29 is 24.5 Å². The molecule has 492 valence electrons. The molecule has 0 rings (SSSR count). The van der Waals surface area contributed by atoms with E-state index in [1.165, 1.54) is 353 Å². The third-order valence-electron chi connectivity index (χ3n) is 18.0. The monoisotopic (exact) mass is 1170 g/mol. The zero-order valence-electron chi connectivity index (χ0n) is 56.5. The summed E-state index contributed by atoms with van der Waals surface area (Å²) >= 11 is 0. The SMILES string of the molecule is CCCCCCCC/C=C\CCCCCCCC(=O)OCCCCCCCCCCCCCC/C=C\CCCCCCCCCCCCCCCCCC(=O)NC(CO)C(O)CCCCCCCCCCCCCCCCCCCCCC. The van der Waals surface area contributed by atoms with Crippen LogP contribution in [0, 0.1) is 0 Å². The Kier molecular flexibility index (Phi) is 71.4. The van der Waals surface area contributed by atoms with Crippen LogP contribution in [0.5, 0.6) is 0 Å². The smallest absolute Gasteiger partial charge is 0.305 e. The highest BCUT2D eigenvalue weighted by Gasteiger charge is 2.20. The lowest BCUT2D eigenvalue weighted by molar-refractivity contribution is -0.143. The second-order valence-electron chi connectivity index (χ2n) is 26.3. The zero-order valence-corrected chi connectivity index (χ0v) is 56.5. The van der Waals surface area contributed by atoms with Gasteiger partial charge in [0.25, 0.3) is 0 Å². The van der Waals surface area contributed by atoms with E-state index in [9.17, 15) is 19.8 Å². The highest BCUT2D eigenvalue weighted by molar-refractivity contribution is 5.76. The van der Waals surface area contributed by atoms with E-state index >= 15 is 0 Å². The van der Waals surface area contributed by atoms with Crippen LogP contribution in [0.3, 0.4) is 0 Å². The number of esters is 1. The van der Waals surface area contributed by atoms with Gasteiger partial charge in [-0.05, 0) is 77.0 Å². The molecule has 0 fully saturated rings. The van der Waals surface area contributed by atoms with Gasteiger partial charge in [-0.2, -0.15) is 0 Å². The first-order valence-corrected chi connectivity index (χ1v) is 38.1. The maximum atomic E-state index is 12.6. The standard InChI is InChI=1S/C77H149NO5/c1-3-5-7-9-11-13-15-17-19-20-21-35-38-42-45-49-53-57-61-65-69-75(80)74(73-79)78-76(81)70-66-62-58-54-50-46-43-39-36-33-31-29-27-25-23-22-24-26-28-30-32-34-37-40-44-48-52-56-60-64-68-72-83-77(82)71-67-63-59-55-51-47-41-18-16-14-12-10-8-6-4-2/h18,24,26,41,74-75,79-80H,3-17,19-23,25,27-40,42-73H2,1-2H3,(H,78,81)/b26-24-,41-18-. The van der Waals surface area contributed by atoms with Crippen LogP contribution in [0.15, 0.2) is 24.3 Å². The molecule has 0 aliphatic heterocycles. The quantitative estimate of drug-likeness (QED) is 0.0320. The van der Waals surface area contributed by atoms with Crippen LogP contribution in [0.25, 0.3) is 0 Å². The molecule has 0 spiro atoms. The Balaban J connectivity index is 3.36. The van der Waals surface area contributed by atoms with Crippen molar-refractivity contribution >= 4 is 11.9 Å². The van der Waals surface area contributed by atoms with Crippen LogP contribution < -0.4 is 5.32 Å². The molecule has 6 heteroatoms. The molecule has 2 atom stereocenters. The summed E-state index contributed by atoms with van der Waals surface area (Å²) in [6.45, 7) is 4.99. The predicted octanol–water partition coefficient (Wildman–Crippen LogP) is 24.9. The van der Waals surface area contributed by atoms with Gasteiger partial charge in [-0.1, -0.05) is 366 Å². The molecule has 0 aromatic heterocycles. The lowest BCUT2D eigenvalue weighted by Gasteiger charge is -2.22. The Hall–Kier alpha value is -1.66. The van der Waals surface area contributed by atoms with E-state index in [2.05, 4.69) is 43.5 Å². The zero-order chi connectivity index (χ0) is 59.9. The highest BCUT2D eigenvalue weighted by Crippen LogP contribution is 2.19. The minimum atomic E-state index is -0.664. The summed E-state index contributed by atoms with van der Waals surface area (Å²) in [5.74, 6) is -0.0175. The van der Waals surface area contributed by atoms with E-state index in [0.29, 0.717) is 25.9 Å². The molecule has 0 bridgehead atoms. The molecule has 1 amide bonds. The second kappa shape index (κ2) is 72.8. The molecule has 6 nitrogen and oxygen atoms in total. The number of carbonyl (C=O) groups excluding carboxylic acids is 2. The molecule has 0 saturated heterocycles. The summed E-state index contributed by atoms with van der Waals surface area (Å²) in [5, 5.41) is 23.4. The van der Waals surface area contributed by atoms with E-state index in [1.807, 2.05) is 0 Å². The van der Waals surface area contributed by atoms with Gasteiger partial charge in [-0.25, -0.2) is 0 Å². The minimum absolute atomic E-state index is 0.0106. The predicted molar refractivity (Wildman–Crippen MR) is 366 cm³/mol. The fourth-order valence-corrected chi connectivity index (χ4v) is 12.2. The summed E-state index contributed by atoms with van der Waals surface area (Å²) in [5.41, 5.74) is 0. The van der Waals surface area contributed by atoms with Crippen molar-refractivity contribution in [1.82, 2.24) is 5.32 Å². The van der Waals surface area contributed by atoms with Gasteiger partial charge < -0.3 is 20.3 Å². The van der Waals surface area contributed by atoms with Gasteiger partial charge in [0, 0.05) is 12.8 Å². The van der Waals surface area contributed by atoms with Crippen molar-refractivity contribution in [2.24, 2.45) is 0 Å². The average molecular weight is 1170 g/mol. The maximum absolute atomic E-state index is 12.6. The Morgan fingerprint density at radius 3 is 0.855 bits per heavy atom. The van der Waals surface area contributed by atoms with Gasteiger partial charge in [0.05, 0.1) is 25.4 Å². The number of amides is 1. The first kappa shape index (κ1) is 81.3. The fourth-order valence-electron chi connectivity index (χ4n) is 12.2. The lowest BCUT2D eigenvalue weighted by atomic mass is 10.0. The van der Waals surface area contributed by atoms with E-state index in [4.69, 9.17) is 4.74 Å². The van der Waals surface area contributed by atoms with Crippen LogP contribution in [-0.2, 0) is 14.3 Å². The average Bonchev–Trinajstić information content (AvgIpc) is 3.49. The van der Waals surface area contributed by atoms with Gasteiger partial charge >= 0.3 is 5.97 Å². The third-order valence-corrected chi connectivity index (χ3v) is 18.0. The molecule has 0 aromatic carbocycles. The number of aliphatic hydroxyl groups excluding tert-OH is 2. The van der Waals surface area contributed by atoms with Crippen LogP contribution in [0.4, 0.5) is 0 Å². The largest absolute Gasteiger partial charge is 0.466 e. The molecule has 0 saturated carbocycles. The van der Waals surface area contributed by atoms with Gasteiger partial charge in [0.15, 0.2) is 0 Å². The van der Waals surface area contributed by atoms with Crippen LogP contribution in [0.2, 0.25) is 0 Å². The number of carbonyl (C=O) groups is 2. The summed E-state index contributed by atoms with van der Waals surface area (Å²) in [6, 6.07) is -0.541. The molecule has 2 unspecified atom stereocenters. The molecule has 0 aromatic rings. The number of rotatable bonds is 72. The summed E-state index contributed by atoms with van der Waals surface area (Å²) in [7, 11) is 0. The number of ether oxygens (including phenoxy) is 1. The normalized spacial score (nSPS) is 12.6. The molecule has 0 radical (unpaired) electrons.